The molecule has 0 amide bonds. The van der Waals surface area contributed by atoms with Crippen LogP contribution in [-0.4, -0.2) is 14.7 Å². The minimum absolute atomic E-state index is 0.106. The van der Waals surface area contributed by atoms with Crippen molar-refractivity contribution >= 4 is 0 Å². The third kappa shape index (κ3) is 1.04. The molecule has 0 aliphatic carbocycles. The maximum absolute atomic E-state index is 8.98. The van der Waals surface area contributed by atoms with Crippen LogP contribution in [0, 0.1) is 6.92 Å². The minimum Gasteiger partial charge on any atom is -0.480 e. The van der Waals surface area contributed by atoms with Gasteiger partial charge in [-0.05, 0) is 13.8 Å². The van der Waals surface area contributed by atoms with Gasteiger partial charge in [0.05, 0.1) is 5.69 Å². The van der Waals surface area contributed by atoms with E-state index in [4.69, 9.17) is 5.11 Å². The lowest BCUT2D eigenvalue weighted by Gasteiger charge is -1.93. The summed E-state index contributed by atoms with van der Waals surface area (Å²) in [6, 6.07) is 0.106. The molecule has 0 radical (unpaired) electrons. The molecule has 9 heavy (non-hydrogen) atoms. The first-order valence-corrected chi connectivity index (χ1v) is 2.96. The van der Waals surface area contributed by atoms with Crippen LogP contribution in [0.15, 0.2) is 6.20 Å². The molecule has 0 unspecified atom stereocenters. The van der Waals surface area contributed by atoms with E-state index in [2.05, 4.69) is 4.98 Å². The maximum atomic E-state index is 8.98. The highest BCUT2D eigenvalue weighted by molar-refractivity contribution is 5.04. The van der Waals surface area contributed by atoms with Crippen molar-refractivity contribution in [2.75, 3.05) is 0 Å². The molecule has 0 atom stereocenters. The highest BCUT2D eigenvalue weighted by Crippen LogP contribution is 2.06. The van der Waals surface area contributed by atoms with Crippen molar-refractivity contribution in [2.45, 2.75) is 20.4 Å². The second kappa shape index (κ2) is 2.09. The van der Waals surface area contributed by atoms with Gasteiger partial charge in [-0.3, -0.25) is 0 Å². The van der Waals surface area contributed by atoms with Gasteiger partial charge in [-0.2, -0.15) is 0 Å². The lowest BCUT2D eigenvalue weighted by molar-refractivity contribution is 0.402. The van der Waals surface area contributed by atoms with Crippen molar-refractivity contribution < 1.29 is 5.11 Å². The number of aromatic nitrogens is 2. The summed E-state index contributed by atoms with van der Waals surface area (Å²) in [6.45, 7) is 4.58. The monoisotopic (exact) mass is 126 g/mol. The van der Waals surface area contributed by atoms with Gasteiger partial charge < -0.3 is 9.67 Å². The summed E-state index contributed by atoms with van der Waals surface area (Å²) in [5.74, 6) is 0. The molecule has 0 saturated carbocycles. The van der Waals surface area contributed by atoms with Crippen LogP contribution in [0.1, 0.15) is 12.6 Å². The third-order valence-electron chi connectivity index (χ3n) is 1.22. The van der Waals surface area contributed by atoms with Crippen molar-refractivity contribution in [3.63, 3.8) is 0 Å². The number of aromatic hydroxyl groups is 1. The van der Waals surface area contributed by atoms with Crippen molar-refractivity contribution in [3.8, 4) is 6.01 Å². The number of hydrogen-bond acceptors (Lipinski definition) is 2. The SMILES string of the molecule is CCn1cc(C)nc1O. The van der Waals surface area contributed by atoms with Crippen LogP contribution in [0.4, 0.5) is 0 Å². The Hall–Kier alpha value is -0.990. The zero-order chi connectivity index (χ0) is 6.85. The molecule has 1 rings (SSSR count). The van der Waals surface area contributed by atoms with Gasteiger partial charge in [0, 0.05) is 12.7 Å². The predicted octanol–water partition coefficient (Wildman–Crippen LogP) is 0.917. The standard InChI is InChI=1S/C6H10N2O/c1-3-8-4-5(2)7-6(8)9/h4H,3H2,1-2H3,(H,7,9). The van der Waals surface area contributed by atoms with Gasteiger partial charge in [0.1, 0.15) is 0 Å². The average Bonchev–Trinajstić information content (AvgIpc) is 2.10. The second-order valence-electron chi connectivity index (χ2n) is 1.97. The first-order chi connectivity index (χ1) is 4.24. The molecule has 0 spiro atoms. The lowest BCUT2D eigenvalue weighted by atomic mass is 10.6. The molecule has 1 aromatic heterocycles. The highest BCUT2D eigenvalue weighted by Gasteiger charge is 1.98. The van der Waals surface area contributed by atoms with Crippen molar-refractivity contribution in [2.24, 2.45) is 0 Å². The predicted molar refractivity (Wildman–Crippen MR) is 34.3 cm³/mol. The molecule has 0 saturated heterocycles. The fourth-order valence-corrected chi connectivity index (χ4v) is 0.767. The molecular formula is C6H10N2O. The summed E-state index contributed by atoms with van der Waals surface area (Å²) in [7, 11) is 0. The zero-order valence-corrected chi connectivity index (χ0v) is 5.63. The molecule has 0 fully saturated rings. The topological polar surface area (TPSA) is 38.0 Å². The van der Waals surface area contributed by atoms with E-state index in [1.165, 1.54) is 0 Å². The molecule has 50 valence electrons. The second-order valence-corrected chi connectivity index (χ2v) is 1.97. The fraction of sp³-hybridized carbons (Fsp3) is 0.500. The lowest BCUT2D eigenvalue weighted by Crippen LogP contribution is -1.89. The van der Waals surface area contributed by atoms with E-state index in [1.54, 1.807) is 4.57 Å². The molecule has 3 heteroatoms. The molecule has 3 nitrogen and oxygen atoms in total. The number of rotatable bonds is 1. The zero-order valence-electron chi connectivity index (χ0n) is 5.63. The molecule has 1 N–H and O–H groups in total. The number of imidazole rings is 1. The van der Waals surface area contributed by atoms with E-state index in [-0.39, 0.29) is 6.01 Å². The van der Waals surface area contributed by atoms with Crippen LogP contribution >= 0.6 is 0 Å². The molecule has 1 aromatic rings. The average molecular weight is 126 g/mol. The molecule has 0 aromatic carbocycles. The Bertz CT molecular complexity index is 205. The van der Waals surface area contributed by atoms with E-state index < -0.39 is 0 Å². The Labute approximate surface area is 54.0 Å². The van der Waals surface area contributed by atoms with Crippen LogP contribution in [-0.2, 0) is 6.54 Å². The minimum atomic E-state index is 0.106. The Morgan fingerprint density at radius 2 is 2.44 bits per heavy atom. The highest BCUT2D eigenvalue weighted by atomic mass is 16.3. The van der Waals surface area contributed by atoms with Crippen molar-refractivity contribution in [3.05, 3.63) is 11.9 Å². The normalized spacial score (nSPS) is 10.0. The molecular weight excluding hydrogens is 116 g/mol. The Balaban J connectivity index is 3.01. The largest absolute Gasteiger partial charge is 0.480 e. The Morgan fingerprint density at radius 3 is 2.67 bits per heavy atom. The van der Waals surface area contributed by atoms with Crippen LogP contribution in [0.5, 0.6) is 6.01 Å². The Kier molecular flexibility index (Phi) is 1.42. The van der Waals surface area contributed by atoms with Gasteiger partial charge in [0.2, 0.25) is 0 Å². The summed E-state index contributed by atoms with van der Waals surface area (Å²) < 4.78 is 1.69. The summed E-state index contributed by atoms with van der Waals surface area (Å²) >= 11 is 0. The summed E-state index contributed by atoms with van der Waals surface area (Å²) in [6.07, 6.45) is 1.81. The quantitative estimate of drug-likeness (QED) is 0.607. The van der Waals surface area contributed by atoms with E-state index >= 15 is 0 Å². The van der Waals surface area contributed by atoms with Crippen LogP contribution in [0.25, 0.3) is 0 Å². The van der Waals surface area contributed by atoms with E-state index in [0.29, 0.717) is 0 Å². The molecule has 0 aliphatic heterocycles. The molecule has 1 heterocycles. The summed E-state index contributed by atoms with van der Waals surface area (Å²) in [5.41, 5.74) is 0.856. The Morgan fingerprint density at radius 1 is 1.78 bits per heavy atom. The smallest absolute Gasteiger partial charge is 0.293 e. The van der Waals surface area contributed by atoms with Crippen LogP contribution in [0.2, 0.25) is 0 Å². The third-order valence-corrected chi connectivity index (χ3v) is 1.22. The van der Waals surface area contributed by atoms with Gasteiger partial charge in [0.25, 0.3) is 6.01 Å². The van der Waals surface area contributed by atoms with E-state index in [1.807, 2.05) is 20.0 Å². The number of hydrogen-bond donors (Lipinski definition) is 1. The van der Waals surface area contributed by atoms with Gasteiger partial charge in [-0.25, -0.2) is 4.98 Å². The molecule has 0 aliphatic rings. The van der Waals surface area contributed by atoms with Crippen LogP contribution in [0.3, 0.4) is 0 Å². The van der Waals surface area contributed by atoms with Gasteiger partial charge in [-0.15, -0.1) is 0 Å². The molecule has 0 bridgehead atoms. The van der Waals surface area contributed by atoms with Crippen LogP contribution < -0.4 is 0 Å². The van der Waals surface area contributed by atoms with E-state index in [9.17, 15) is 0 Å². The first-order valence-electron chi connectivity index (χ1n) is 2.96. The summed E-state index contributed by atoms with van der Waals surface area (Å²) in [4.78, 5) is 3.80. The van der Waals surface area contributed by atoms with Gasteiger partial charge in [-0.1, -0.05) is 0 Å². The van der Waals surface area contributed by atoms with Crippen molar-refractivity contribution in [1.29, 1.82) is 0 Å². The number of aryl methyl sites for hydroxylation is 2. The first kappa shape index (κ1) is 6.13. The van der Waals surface area contributed by atoms with Gasteiger partial charge >= 0.3 is 0 Å². The van der Waals surface area contributed by atoms with Gasteiger partial charge in [0.15, 0.2) is 0 Å². The summed E-state index contributed by atoms with van der Waals surface area (Å²) in [5, 5.41) is 8.98. The number of nitrogens with zero attached hydrogens (tertiary/aromatic N) is 2. The van der Waals surface area contributed by atoms with E-state index in [0.717, 1.165) is 12.2 Å². The van der Waals surface area contributed by atoms with Crippen molar-refractivity contribution in [1.82, 2.24) is 9.55 Å². The fourth-order valence-electron chi connectivity index (χ4n) is 0.767. The maximum Gasteiger partial charge on any atom is 0.293 e.